The fourth-order valence-electron chi connectivity index (χ4n) is 4.82. The topological polar surface area (TPSA) is 86.8 Å². The molecular weight excluding hydrogens is 614 g/mol. The van der Waals surface area contributed by atoms with Crippen LogP contribution in [0.25, 0.3) is 0 Å². The molecule has 2 amide bonds. The number of sulfonamides is 1. The normalized spacial score (nSPS) is 14.8. The third-order valence-electron chi connectivity index (χ3n) is 7.09. The third kappa shape index (κ3) is 7.65. The molecule has 3 aromatic carbocycles. The molecule has 10 heteroatoms. The molecule has 3 aromatic rings. The molecule has 0 bridgehead atoms. The minimum atomic E-state index is -4.10. The van der Waals surface area contributed by atoms with Gasteiger partial charge in [0.05, 0.1) is 10.6 Å². The number of anilines is 1. The quantitative estimate of drug-likeness (QED) is 0.286. The van der Waals surface area contributed by atoms with Crippen LogP contribution in [-0.2, 0) is 26.2 Å². The van der Waals surface area contributed by atoms with Crippen molar-refractivity contribution in [1.29, 1.82) is 0 Å². The van der Waals surface area contributed by atoms with Crippen LogP contribution < -0.4 is 9.62 Å². The van der Waals surface area contributed by atoms with E-state index in [4.69, 9.17) is 11.6 Å². The summed E-state index contributed by atoms with van der Waals surface area (Å²) < 4.78 is 29.4. The van der Waals surface area contributed by atoms with Crippen LogP contribution in [0.15, 0.2) is 88.2 Å². The number of nitrogens with zero attached hydrogens (tertiary/aromatic N) is 2. The summed E-state index contributed by atoms with van der Waals surface area (Å²) in [7, 11) is -4.10. The molecule has 0 heterocycles. The van der Waals surface area contributed by atoms with Gasteiger partial charge in [0.2, 0.25) is 11.8 Å². The van der Waals surface area contributed by atoms with Gasteiger partial charge in [-0.15, -0.1) is 0 Å². The highest BCUT2D eigenvalue weighted by atomic mass is 79.9. The van der Waals surface area contributed by atoms with Gasteiger partial charge in [-0.2, -0.15) is 0 Å². The highest BCUT2D eigenvalue weighted by molar-refractivity contribution is 9.10. The minimum absolute atomic E-state index is 0.0649. The molecule has 0 aliphatic heterocycles. The van der Waals surface area contributed by atoms with E-state index in [1.54, 1.807) is 73.7 Å². The average Bonchev–Trinajstić information content (AvgIpc) is 2.96. The highest BCUT2D eigenvalue weighted by Crippen LogP contribution is 2.27. The van der Waals surface area contributed by atoms with Crippen molar-refractivity contribution >= 4 is 55.1 Å². The number of hydrogen-bond donors (Lipinski definition) is 1. The Hall–Kier alpha value is -2.88. The van der Waals surface area contributed by atoms with Gasteiger partial charge >= 0.3 is 0 Å². The lowest BCUT2D eigenvalue weighted by atomic mass is 9.95. The lowest BCUT2D eigenvalue weighted by Crippen LogP contribution is -2.53. The van der Waals surface area contributed by atoms with Crippen molar-refractivity contribution in [3.05, 3.63) is 93.9 Å². The number of carbonyl (C=O) groups is 2. The molecule has 1 atom stereocenters. The van der Waals surface area contributed by atoms with Crippen molar-refractivity contribution in [2.24, 2.45) is 0 Å². The molecule has 0 radical (unpaired) electrons. The van der Waals surface area contributed by atoms with Crippen molar-refractivity contribution in [1.82, 2.24) is 10.2 Å². The second kappa shape index (κ2) is 13.7. The Kier molecular flexibility index (Phi) is 10.3. The lowest BCUT2D eigenvalue weighted by molar-refractivity contribution is -0.139. The largest absolute Gasteiger partial charge is 0.352 e. The predicted octanol–water partition coefficient (Wildman–Crippen LogP) is 6.16. The van der Waals surface area contributed by atoms with Crippen LogP contribution in [0.2, 0.25) is 5.02 Å². The van der Waals surface area contributed by atoms with E-state index in [0.717, 1.165) is 42.0 Å². The molecule has 1 unspecified atom stereocenters. The van der Waals surface area contributed by atoms with Crippen LogP contribution in [0.4, 0.5) is 5.69 Å². The molecular formula is C30H33BrClN3O4S. The maximum atomic E-state index is 14.0. The first-order valence-corrected chi connectivity index (χ1v) is 15.9. The van der Waals surface area contributed by atoms with Crippen LogP contribution in [-0.4, -0.2) is 43.8 Å². The summed E-state index contributed by atoms with van der Waals surface area (Å²) in [6.07, 6.45) is 5.10. The second-order valence-corrected chi connectivity index (χ2v) is 13.2. The van der Waals surface area contributed by atoms with E-state index < -0.39 is 28.5 Å². The second-order valence-electron chi connectivity index (χ2n) is 9.97. The number of benzene rings is 3. The van der Waals surface area contributed by atoms with Crippen molar-refractivity contribution < 1.29 is 18.0 Å². The molecule has 212 valence electrons. The third-order valence-corrected chi connectivity index (χ3v) is 9.62. The summed E-state index contributed by atoms with van der Waals surface area (Å²) in [5.74, 6) is -0.755. The van der Waals surface area contributed by atoms with E-state index in [-0.39, 0.29) is 23.4 Å². The monoisotopic (exact) mass is 645 g/mol. The van der Waals surface area contributed by atoms with Crippen LogP contribution in [0.3, 0.4) is 0 Å². The first kappa shape index (κ1) is 30.1. The number of amides is 2. The number of hydrogen-bond acceptors (Lipinski definition) is 4. The average molecular weight is 647 g/mol. The molecule has 0 aromatic heterocycles. The fraction of sp³-hybridized carbons (Fsp3) is 0.333. The van der Waals surface area contributed by atoms with Gasteiger partial charge in [-0.3, -0.25) is 13.9 Å². The van der Waals surface area contributed by atoms with E-state index in [1.165, 1.54) is 17.0 Å². The number of carbonyl (C=O) groups excluding carboxylic acids is 2. The van der Waals surface area contributed by atoms with E-state index >= 15 is 0 Å². The Morgan fingerprint density at radius 2 is 1.65 bits per heavy atom. The highest BCUT2D eigenvalue weighted by Gasteiger charge is 2.33. The number of halogens is 2. The van der Waals surface area contributed by atoms with Crippen molar-refractivity contribution in [3.63, 3.8) is 0 Å². The Morgan fingerprint density at radius 3 is 2.30 bits per heavy atom. The molecule has 4 rings (SSSR count). The Bertz CT molecular complexity index is 1410. The zero-order chi connectivity index (χ0) is 28.7. The SMILES string of the molecule is CC(C(=O)NC1CCCCC1)N(Cc1ccc(Cl)cc1)C(=O)CN(c1cccc(Br)c1)S(=O)(=O)c1ccccc1. The summed E-state index contributed by atoms with van der Waals surface area (Å²) in [6.45, 7) is 1.32. The molecule has 0 saturated heterocycles. The predicted molar refractivity (Wildman–Crippen MR) is 162 cm³/mol. The minimum Gasteiger partial charge on any atom is -0.352 e. The molecule has 1 aliphatic carbocycles. The van der Waals surface area contributed by atoms with E-state index in [9.17, 15) is 18.0 Å². The van der Waals surface area contributed by atoms with Gasteiger partial charge in [-0.1, -0.05) is 83.2 Å². The zero-order valence-electron chi connectivity index (χ0n) is 22.3. The van der Waals surface area contributed by atoms with Crippen molar-refractivity contribution in [3.8, 4) is 0 Å². The molecule has 1 fully saturated rings. The maximum Gasteiger partial charge on any atom is 0.264 e. The summed E-state index contributed by atoms with van der Waals surface area (Å²) in [5.41, 5.74) is 1.10. The van der Waals surface area contributed by atoms with Crippen LogP contribution in [0.1, 0.15) is 44.6 Å². The van der Waals surface area contributed by atoms with Gasteiger partial charge in [-0.25, -0.2) is 8.42 Å². The Morgan fingerprint density at radius 1 is 0.975 bits per heavy atom. The molecule has 1 N–H and O–H groups in total. The van der Waals surface area contributed by atoms with Gasteiger partial charge < -0.3 is 10.2 Å². The standard InChI is InChI=1S/C30H33BrClN3O4S/c1-22(30(37)33-26-10-4-2-5-11-26)34(20-23-15-17-25(32)18-16-23)29(36)21-35(27-12-8-9-24(31)19-27)40(38,39)28-13-6-3-7-14-28/h3,6-9,12-19,22,26H,2,4-5,10-11,20-21H2,1H3,(H,33,37). The summed E-state index contributed by atoms with van der Waals surface area (Å²) in [6, 6.07) is 21.1. The Labute approximate surface area is 249 Å². The Balaban J connectivity index is 1.66. The number of rotatable bonds is 10. The van der Waals surface area contributed by atoms with Crippen LogP contribution in [0, 0.1) is 0 Å². The zero-order valence-corrected chi connectivity index (χ0v) is 25.5. The van der Waals surface area contributed by atoms with E-state index in [2.05, 4.69) is 21.2 Å². The first-order chi connectivity index (χ1) is 19.1. The molecule has 1 saturated carbocycles. The molecule has 0 spiro atoms. The van der Waals surface area contributed by atoms with Gasteiger partial charge in [0.15, 0.2) is 0 Å². The van der Waals surface area contributed by atoms with E-state index in [1.807, 2.05) is 0 Å². The van der Waals surface area contributed by atoms with Crippen LogP contribution in [0.5, 0.6) is 0 Å². The number of nitrogens with one attached hydrogen (secondary N) is 1. The van der Waals surface area contributed by atoms with Gasteiger partial charge in [0.1, 0.15) is 12.6 Å². The molecule has 1 aliphatic rings. The van der Waals surface area contributed by atoms with Gasteiger partial charge in [0.25, 0.3) is 10.0 Å². The smallest absolute Gasteiger partial charge is 0.264 e. The first-order valence-electron chi connectivity index (χ1n) is 13.3. The van der Waals surface area contributed by atoms with Gasteiger partial charge in [-0.05, 0) is 67.8 Å². The van der Waals surface area contributed by atoms with E-state index in [0.29, 0.717) is 15.2 Å². The van der Waals surface area contributed by atoms with Crippen molar-refractivity contribution in [2.75, 3.05) is 10.8 Å². The summed E-state index contributed by atoms with van der Waals surface area (Å²) >= 11 is 9.48. The summed E-state index contributed by atoms with van der Waals surface area (Å²) in [5, 5.41) is 3.66. The maximum absolute atomic E-state index is 14.0. The lowest BCUT2D eigenvalue weighted by Gasteiger charge is -2.33. The summed E-state index contributed by atoms with van der Waals surface area (Å²) in [4.78, 5) is 28.9. The molecule has 7 nitrogen and oxygen atoms in total. The van der Waals surface area contributed by atoms with Crippen LogP contribution >= 0.6 is 27.5 Å². The van der Waals surface area contributed by atoms with Crippen molar-refractivity contribution in [2.45, 2.75) is 62.6 Å². The fourth-order valence-corrected chi connectivity index (χ4v) is 6.76. The molecule has 40 heavy (non-hydrogen) atoms. The van der Waals surface area contributed by atoms with Gasteiger partial charge in [0, 0.05) is 22.1 Å².